The molecule has 2 aliphatic heterocycles. The normalized spacial score (nSPS) is 20.5. The van der Waals surface area contributed by atoms with Crippen molar-refractivity contribution in [2.24, 2.45) is 10.9 Å². The van der Waals surface area contributed by atoms with Crippen LogP contribution in [0.1, 0.15) is 43.8 Å². The smallest absolute Gasteiger partial charge is 0.193 e. The Morgan fingerprint density at radius 2 is 2.15 bits per heavy atom. The molecule has 0 aromatic carbocycles. The van der Waals surface area contributed by atoms with Gasteiger partial charge in [-0.2, -0.15) is 5.10 Å². The van der Waals surface area contributed by atoms with Crippen LogP contribution in [0.15, 0.2) is 11.3 Å². The molecule has 26 heavy (non-hydrogen) atoms. The molecule has 0 atom stereocenters. The number of ether oxygens (including phenoxy) is 2. The quantitative estimate of drug-likeness (QED) is 0.432. The molecule has 2 saturated heterocycles. The number of nitrogens with zero attached hydrogens (tertiary/aromatic N) is 4. The highest BCUT2D eigenvalue weighted by Gasteiger charge is 2.24. The highest BCUT2D eigenvalue weighted by Crippen LogP contribution is 2.24. The van der Waals surface area contributed by atoms with Gasteiger partial charge >= 0.3 is 0 Å². The van der Waals surface area contributed by atoms with Crippen molar-refractivity contribution in [3.05, 3.63) is 12.2 Å². The Hall–Kier alpha value is -1.67. The van der Waals surface area contributed by atoms with Gasteiger partial charge in [0.1, 0.15) is 12.2 Å². The van der Waals surface area contributed by atoms with Crippen molar-refractivity contribution in [1.29, 1.82) is 0 Å². The second kappa shape index (κ2) is 10.5. The van der Waals surface area contributed by atoms with Gasteiger partial charge in [-0.1, -0.05) is 0 Å². The number of rotatable bonds is 7. The molecule has 3 rings (SSSR count). The Morgan fingerprint density at radius 1 is 1.35 bits per heavy atom. The number of aromatic nitrogens is 3. The van der Waals surface area contributed by atoms with Crippen molar-refractivity contribution in [2.75, 3.05) is 53.1 Å². The second-order valence-corrected chi connectivity index (χ2v) is 7.09. The molecule has 1 aromatic rings. The summed E-state index contributed by atoms with van der Waals surface area (Å²) in [6.45, 7) is 6.32. The van der Waals surface area contributed by atoms with Gasteiger partial charge in [0.05, 0.1) is 0 Å². The van der Waals surface area contributed by atoms with Crippen LogP contribution in [0.4, 0.5) is 0 Å². The summed E-state index contributed by atoms with van der Waals surface area (Å²) in [6.07, 6.45) is 7.00. The monoisotopic (exact) mass is 364 g/mol. The molecule has 146 valence electrons. The van der Waals surface area contributed by atoms with E-state index in [9.17, 15) is 0 Å². The van der Waals surface area contributed by atoms with Crippen LogP contribution in [-0.2, 0) is 9.47 Å². The minimum absolute atomic E-state index is 0.477. The van der Waals surface area contributed by atoms with E-state index in [0.717, 1.165) is 89.9 Å². The van der Waals surface area contributed by atoms with E-state index in [1.165, 1.54) is 0 Å². The standard InChI is InChI=1S/C18H32N6O2/c1-19-18(20-7-2-10-26-13-15-5-11-25-12-6-15)24-8-3-16(4-9-24)17-21-14-22-23-17/h14-16H,2-13H2,1H3,(H,19,20)(H,21,22,23). The van der Waals surface area contributed by atoms with E-state index in [4.69, 9.17) is 9.47 Å². The molecule has 3 heterocycles. The van der Waals surface area contributed by atoms with E-state index in [1.54, 1.807) is 6.33 Å². The predicted molar refractivity (Wildman–Crippen MR) is 100 cm³/mol. The number of aromatic amines is 1. The summed E-state index contributed by atoms with van der Waals surface area (Å²) in [7, 11) is 1.85. The molecule has 0 spiro atoms. The van der Waals surface area contributed by atoms with Gasteiger partial charge in [-0.3, -0.25) is 10.1 Å². The minimum atomic E-state index is 0.477. The van der Waals surface area contributed by atoms with Crippen molar-refractivity contribution in [2.45, 2.75) is 38.0 Å². The zero-order valence-electron chi connectivity index (χ0n) is 15.8. The summed E-state index contributed by atoms with van der Waals surface area (Å²) in [5, 5.41) is 10.4. The van der Waals surface area contributed by atoms with E-state index in [2.05, 4.69) is 30.4 Å². The number of guanidine groups is 1. The number of piperidine rings is 1. The molecule has 8 nitrogen and oxygen atoms in total. The highest BCUT2D eigenvalue weighted by molar-refractivity contribution is 5.79. The highest BCUT2D eigenvalue weighted by atomic mass is 16.5. The van der Waals surface area contributed by atoms with Crippen LogP contribution in [0.3, 0.4) is 0 Å². The Bertz CT molecular complexity index is 522. The Kier molecular flexibility index (Phi) is 7.69. The summed E-state index contributed by atoms with van der Waals surface area (Å²) in [5.41, 5.74) is 0. The van der Waals surface area contributed by atoms with E-state index < -0.39 is 0 Å². The molecule has 0 unspecified atom stereocenters. The van der Waals surface area contributed by atoms with Crippen molar-refractivity contribution in [1.82, 2.24) is 25.4 Å². The first-order valence-electron chi connectivity index (χ1n) is 9.83. The van der Waals surface area contributed by atoms with Crippen LogP contribution in [0, 0.1) is 5.92 Å². The van der Waals surface area contributed by atoms with E-state index in [-0.39, 0.29) is 0 Å². The summed E-state index contributed by atoms with van der Waals surface area (Å²) in [5.74, 6) is 3.15. The molecule has 8 heteroatoms. The van der Waals surface area contributed by atoms with Gasteiger partial charge in [0.25, 0.3) is 0 Å². The SMILES string of the molecule is CN=C(NCCCOCC1CCOCC1)N1CCC(c2ncn[nH]2)CC1. The minimum Gasteiger partial charge on any atom is -0.381 e. The lowest BCUT2D eigenvalue weighted by molar-refractivity contribution is 0.0203. The van der Waals surface area contributed by atoms with E-state index in [1.807, 2.05) is 7.05 Å². The molecule has 2 N–H and O–H groups in total. The van der Waals surface area contributed by atoms with Crippen molar-refractivity contribution < 1.29 is 9.47 Å². The number of likely N-dealkylation sites (tertiary alicyclic amines) is 1. The Labute approximate surface area is 155 Å². The van der Waals surface area contributed by atoms with Crippen LogP contribution < -0.4 is 5.32 Å². The third kappa shape index (κ3) is 5.67. The van der Waals surface area contributed by atoms with Gasteiger partial charge in [-0.05, 0) is 38.0 Å². The molecule has 2 fully saturated rings. The van der Waals surface area contributed by atoms with Crippen molar-refractivity contribution in [3.8, 4) is 0 Å². The number of hydrogen-bond acceptors (Lipinski definition) is 5. The molecule has 1 aromatic heterocycles. The van der Waals surface area contributed by atoms with Gasteiger partial charge in [-0.25, -0.2) is 4.98 Å². The molecule has 0 saturated carbocycles. The van der Waals surface area contributed by atoms with Gasteiger partial charge in [-0.15, -0.1) is 0 Å². The zero-order chi connectivity index (χ0) is 18.0. The number of H-pyrrole nitrogens is 1. The lowest BCUT2D eigenvalue weighted by Gasteiger charge is -2.33. The maximum Gasteiger partial charge on any atom is 0.193 e. The lowest BCUT2D eigenvalue weighted by atomic mass is 9.96. The van der Waals surface area contributed by atoms with Crippen LogP contribution >= 0.6 is 0 Å². The molecule has 0 aliphatic carbocycles. The van der Waals surface area contributed by atoms with Crippen LogP contribution in [-0.4, -0.2) is 79.2 Å². The lowest BCUT2D eigenvalue weighted by Crippen LogP contribution is -2.45. The average Bonchev–Trinajstić information content (AvgIpc) is 3.23. The van der Waals surface area contributed by atoms with Gasteiger partial charge in [0, 0.05) is 59.0 Å². The molecule has 0 bridgehead atoms. The van der Waals surface area contributed by atoms with Crippen molar-refractivity contribution in [3.63, 3.8) is 0 Å². The first-order valence-corrected chi connectivity index (χ1v) is 9.83. The maximum absolute atomic E-state index is 5.82. The predicted octanol–water partition coefficient (Wildman–Crippen LogP) is 1.39. The molecule has 0 amide bonds. The average molecular weight is 364 g/mol. The topological polar surface area (TPSA) is 87.7 Å². The van der Waals surface area contributed by atoms with Crippen LogP contribution in [0.5, 0.6) is 0 Å². The fourth-order valence-electron chi connectivity index (χ4n) is 3.65. The van der Waals surface area contributed by atoms with Gasteiger partial charge in [0.2, 0.25) is 0 Å². The fraction of sp³-hybridized carbons (Fsp3) is 0.833. The van der Waals surface area contributed by atoms with Gasteiger partial charge in [0.15, 0.2) is 5.96 Å². The maximum atomic E-state index is 5.82. The Morgan fingerprint density at radius 3 is 2.85 bits per heavy atom. The molecule has 0 radical (unpaired) electrons. The third-order valence-corrected chi connectivity index (χ3v) is 5.27. The van der Waals surface area contributed by atoms with E-state index in [0.29, 0.717) is 11.8 Å². The number of nitrogens with one attached hydrogen (secondary N) is 2. The fourth-order valence-corrected chi connectivity index (χ4v) is 3.65. The third-order valence-electron chi connectivity index (χ3n) is 5.27. The summed E-state index contributed by atoms with van der Waals surface area (Å²) >= 11 is 0. The van der Waals surface area contributed by atoms with E-state index >= 15 is 0 Å². The van der Waals surface area contributed by atoms with Crippen LogP contribution in [0.2, 0.25) is 0 Å². The van der Waals surface area contributed by atoms with Crippen molar-refractivity contribution >= 4 is 5.96 Å². The zero-order valence-corrected chi connectivity index (χ0v) is 15.8. The summed E-state index contributed by atoms with van der Waals surface area (Å²) in [6, 6.07) is 0. The molecular weight excluding hydrogens is 332 g/mol. The Balaban J connectivity index is 1.27. The molecular formula is C18H32N6O2. The number of aliphatic imine (C=N–C) groups is 1. The second-order valence-electron chi connectivity index (χ2n) is 7.09. The first kappa shape index (κ1) is 19.1. The number of hydrogen-bond donors (Lipinski definition) is 2. The van der Waals surface area contributed by atoms with Crippen LogP contribution in [0.25, 0.3) is 0 Å². The van der Waals surface area contributed by atoms with Gasteiger partial charge < -0.3 is 19.7 Å². The largest absolute Gasteiger partial charge is 0.381 e. The summed E-state index contributed by atoms with van der Waals surface area (Å²) in [4.78, 5) is 11.1. The first-order chi connectivity index (χ1) is 12.9. The molecule has 2 aliphatic rings. The summed E-state index contributed by atoms with van der Waals surface area (Å²) < 4.78 is 11.2.